The molecule has 2 unspecified atom stereocenters. The lowest BCUT2D eigenvalue weighted by molar-refractivity contribution is -0.140. The van der Waals surface area contributed by atoms with Crippen LogP contribution in [-0.4, -0.2) is 83.5 Å². The van der Waals surface area contributed by atoms with Crippen molar-refractivity contribution in [1.29, 1.82) is 0 Å². The topological polar surface area (TPSA) is 83.2 Å². The largest absolute Gasteiger partial charge is 0.353 e. The number of primary amides is 1. The molecule has 0 heterocycles. The van der Waals surface area contributed by atoms with Crippen LogP contribution in [0.5, 0.6) is 0 Å². The minimum Gasteiger partial charge on any atom is -0.353 e. The van der Waals surface area contributed by atoms with Crippen molar-refractivity contribution in [3.8, 4) is 0 Å². The maximum absolute atomic E-state index is 11.8. The van der Waals surface area contributed by atoms with Crippen LogP contribution in [-0.2, 0) is 18.9 Å². The number of carbonyl (C=O) groups is 1. The molecule has 9 heteroatoms. The van der Waals surface area contributed by atoms with Gasteiger partial charge in [0.15, 0.2) is 12.6 Å². The van der Waals surface area contributed by atoms with E-state index in [9.17, 15) is 4.79 Å². The van der Waals surface area contributed by atoms with E-state index in [1.807, 2.05) is 27.7 Å². The molecule has 0 spiro atoms. The highest BCUT2D eigenvalue weighted by atomic mass is 28.1. The highest BCUT2D eigenvalue weighted by Gasteiger charge is 2.22. The van der Waals surface area contributed by atoms with Gasteiger partial charge in [-0.1, -0.05) is 0 Å². The summed E-state index contributed by atoms with van der Waals surface area (Å²) in [4.78, 5) is 13.5. The van der Waals surface area contributed by atoms with Crippen molar-refractivity contribution in [2.45, 2.75) is 64.2 Å². The quantitative estimate of drug-likeness (QED) is 0.292. The number of hydrogen-bond acceptors (Lipinski definition) is 5. The number of nitrogens with zero attached hydrogens (tertiary/aromatic N) is 1. The van der Waals surface area contributed by atoms with Crippen molar-refractivity contribution >= 4 is 26.5 Å². The van der Waals surface area contributed by atoms with Crippen LogP contribution in [0.3, 0.4) is 0 Å². The zero-order chi connectivity index (χ0) is 19.9. The molecule has 0 fully saturated rings. The van der Waals surface area contributed by atoms with Gasteiger partial charge in [0.2, 0.25) is 0 Å². The van der Waals surface area contributed by atoms with Gasteiger partial charge in [0, 0.05) is 60.0 Å². The van der Waals surface area contributed by atoms with Crippen molar-refractivity contribution in [1.82, 2.24) is 4.90 Å². The first-order valence-electron chi connectivity index (χ1n) is 9.91. The molecule has 156 valence electrons. The molecule has 2 N–H and O–H groups in total. The Labute approximate surface area is 165 Å². The first kappa shape index (κ1) is 25.5. The van der Waals surface area contributed by atoms with Gasteiger partial charge < -0.3 is 29.6 Å². The minimum atomic E-state index is -0.374. The molecule has 0 aromatic heterocycles. The second-order valence-electron chi connectivity index (χ2n) is 6.42. The van der Waals surface area contributed by atoms with Crippen molar-refractivity contribution in [2.75, 3.05) is 39.5 Å². The molecular weight excluding hydrogens is 368 g/mol. The summed E-state index contributed by atoms with van der Waals surface area (Å²) in [6.07, 6.45) is 1.31. The third-order valence-electron chi connectivity index (χ3n) is 4.27. The van der Waals surface area contributed by atoms with Crippen LogP contribution in [0, 0.1) is 0 Å². The van der Waals surface area contributed by atoms with E-state index in [4.69, 9.17) is 24.7 Å². The van der Waals surface area contributed by atoms with Gasteiger partial charge in [-0.05, 0) is 51.6 Å². The number of rotatable bonds is 16. The van der Waals surface area contributed by atoms with E-state index in [2.05, 4.69) is 0 Å². The number of amides is 2. The van der Waals surface area contributed by atoms with E-state index in [1.54, 1.807) is 4.90 Å². The van der Waals surface area contributed by atoms with Gasteiger partial charge in [0.05, 0.1) is 0 Å². The predicted molar refractivity (Wildman–Crippen MR) is 112 cm³/mol. The molecule has 0 saturated carbocycles. The average molecular weight is 409 g/mol. The van der Waals surface area contributed by atoms with Gasteiger partial charge in [-0.3, -0.25) is 0 Å². The third kappa shape index (κ3) is 10.6. The molecule has 26 heavy (non-hydrogen) atoms. The van der Waals surface area contributed by atoms with Gasteiger partial charge in [0.25, 0.3) is 0 Å². The second-order valence-corrected chi connectivity index (χ2v) is 9.38. The van der Waals surface area contributed by atoms with Gasteiger partial charge in [-0.15, -0.1) is 0 Å². The molecular formula is C17H40N2O5Si2. The fourth-order valence-electron chi connectivity index (χ4n) is 2.73. The first-order valence-corrected chi connectivity index (χ1v) is 12.2. The molecule has 7 nitrogen and oxygen atoms in total. The van der Waals surface area contributed by atoms with Crippen LogP contribution in [0.25, 0.3) is 0 Å². The summed E-state index contributed by atoms with van der Waals surface area (Å²) in [7, 11) is 1.88. The highest BCUT2D eigenvalue weighted by molar-refractivity contribution is 6.12. The highest BCUT2D eigenvalue weighted by Crippen LogP contribution is 2.20. The molecule has 0 rings (SSSR count). The summed E-state index contributed by atoms with van der Waals surface area (Å²) >= 11 is 0. The summed E-state index contributed by atoms with van der Waals surface area (Å²) in [5.74, 6) is 0. The van der Waals surface area contributed by atoms with Crippen LogP contribution in [0.2, 0.25) is 11.1 Å². The Morgan fingerprint density at radius 3 is 1.35 bits per heavy atom. The van der Waals surface area contributed by atoms with Crippen LogP contribution in [0.15, 0.2) is 0 Å². The Balaban J connectivity index is 4.53. The van der Waals surface area contributed by atoms with Crippen LogP contribution in [0.4, 0.5) is 4.79 Å². The number of carbonyl (C=O) groups excluding carboxylic acids is 1. The summed E-state index contributed by atoms with van der Waals surface area (Å²) < 4.78 is 22.7. The van der Waals surface area contributed by atoms with E-state index in [0.717, 1.165) is 33.3 Å². The molecule has 0 aliphatic heterocycles. The zero-order valence-corrected chi connectivity index (χ0v) is 21.5. The lowest BCUT2D eigenvalue weighted by Gasteiger charge is -2.29. The molecule has 0 saturated heterocycles. The number of hydrogen-bond donors (Lipinski definition) is 1. The van der Waals surface area contributed by atoms with Gasteiger partial charge >= 0.3 is 6.03 Å². The fraction of sp³-hybridized carbons (Fsp3) is 0.941. The number of ether oxygens (including phenoxy) is 4. The van der Waals surface area contributed by atoms with E-state index >= 15 is 0 Å². The van der Waals surface area contributed by atoms with Crippen LogP contribution >= 0.6 is 0 Å². The monoisotopic (exact) mass is 408 g/mol. The van der Waals surface area contributed by atoms with E-state index < -0.39 is 0 Å². The van der Waals surface area contributed by atoms with E-state index in [1.165, 1.54) is 0 Å². The Kier molecular flexibility index (Phi) is 15.3. The number of urea groups is 1. The fourth-order valence-corrected chi connectivity index (χ4v) is 4.02. The number of nitrogens with two attached hydrogens (primary N) is 1. The molecule has 0 aromatic rings. The van der Waals surface area contributed by atoms with Crippen LogP contribution < -0.4 is 5.73 Å². The lowest BCUT2D eigenvalue weighted by atomic mass is 10.2. The molecule has 2 atom stereocenters. The summed E-state index contributed by atoms with van der Waals surface area (Å²) in [6.45, 7) is 11.6. The third-order valence-corrected chi connectivity index (χ3v) is 6.52. The first-order chi connectivity index (χ1) is 12.4. The maximum Gasteiger partial charge on any atom is 0.314 e. The molecule has 2 amide bonds. The SMILES string of the molecule is CCOC(OCC)C([SiH3])CCN(CCC([SiH3])C(OCC)OCC)C(N)=O. The maximum atomic E-state index is 11.8. The van der Waals surface area contributed by atoms with E-state index in [0.29, 0.717) is 50.6 Å². The van der Waals surface area contributed by atoms with Crippen molar-refractivity contribution < 1.29 is 23.7 Å². The predicted octanol–water partition coefficient (Wildman–Crippen LogP) is 0.253. The normalized spacial score (nSPS) is 14.2. The Bertz CT molecular complexity index is 328. The van der Waals surface area contributed by atoms with Gasteiger partial charge in [-0.25, -0.2) is 4.79 Å². The zero-order valence-electron chi connectivity index (χ0n) is 17.5. The summed E-state index contributed by atoms with van der Waals surface area (Å²) in [5.41, 5.74) is 6.23. The Hall–Kier alpha value is -0.456. The lowest BCUT2D eigenvalue weighted by Crippen LogP contribution is -2.39. The van der Waals surface area contributed by atoms with E-state index in [-0.39, 0.29) is 18.6 Å². The summed E-state index contributed by atoms with van der Waals surface area (Å²) in [6, 6.07) is -0.374. The smallest absolute Gasteiger partial charge is 0.314 e. The van der Waals surface area contributed by atoms with Crippen molar-refractivity contribution in [3.05, 3.63) is 0 Å². The summed E-state index contributed by atoms with van der Waals surface area (Å²) in [5, 5.41) is 0. The molecule has 0 radical (unpaired) electrons. The molecule has 0 bridgehead atoms. The molecule has 0 aliphatic carbocycles. The Morgan fingerprint density at radius 1 is 0.808 bits per heavy atom. The molecule has 0 aliphatic rings. The van der Waals surface area contributed by atoms with Crippen molar-refractivity contribution in [2.24, 2.45) is 5.73 Å². The van der Waals surface area contributed by atoms with Crippen molar-refractivity contribution in [3.63, 3.8) is 0 Å². The standard InChI is InChI=1S/C17H40N2O5Si2/c1-5-21-15(22-6-2)13(25)9-11-19(17(18)20)12-10-14(26)16(23-7-3)24-8-4/h13-16H,5-12H2,1-4,25-26H3,(H2,18,20). The second kappa shape index (κ2) is 15.6. The van der Waals surface area contributed by atoms with Gasteiger partial charge in [0.1, 0.15) is 0 Å². The Morgan fingerprint density at radius 2 is 1.12 bits per heavy atom. The van der Waals surface area contributed by atoms with Gasteiger partial charge in [-0.2, -0.15) is 0 Å². The minimum absolute atomic E-state index is 0.182. The average Bonchev–Trinajstić information content (AvgIpc) is 2.60. The van der Waals surface area contributed by atoms with Crippen LogP contribution in [0.1, 0.15) is 40.5 Å². The molecule has 0 aromatic carbocycles.